The Morgan fingerprint density at radius 2 is 1.83 bits per heavy atom. The Morgan fingerprint density at radius 3 is 2.39 bits per heavy atom. The monoisotopic (exact) mass is 258 g/mol. The number of halogens is 3. The van der Waals surface area contributed by atoms with Crippen LogP contribution in [0.25, 0.3) is 5.69 Å². The van der Waals surface area contributed by atoms with Crippen LogP contribution in [0, 0.1) is 27.6 Å². The van der Waals surface area contributed by atoms with E-state index in [0.29, 0.717) is 16.8 Å². The van der Waals surface area contributed by atoms with Gasteiger partial charge in [0.25, 0.3) is 0 Å². The molecule has 0 saturated heterocycles. The van der Waals surface area contributed by atoms with Crippen LogP contribution in [0.5, 0.6) is 0 Å². The number of nitro groups is 1. The third-order valence-electron chi connectivity index (χ3n) is 2.20. The second kappa shape index (κ2) is 4.02. The lowest BCUT2D eigenvalue weighted by atomic mass is 10.3. The highest BCUT2D eigenvalue weighted by molar-refractivity contribution is 5.56. The van der Waals surface area contributed by atoms with E-state index in [1.165, 1.54) is 0 Å². The molecular formula is C9H5F3N4O2. The van der Waals surface area contributed by atoms with E-state index in [-0.39, 0.29) is 0 Å². The van der Waals surface area contributed by atoms with Crippen molar-refractivity contribution in [3.8, 4) is 5.69 Å². The zero-order chi connectivity index (χ0) is 13.4. The minimum Gasteiger partial charge on any atom is -0.378 e. The molecule has 9 heteroatoms. The summed E-state index contributed by atoms with van der Waals surface area (Å²) in [5, 5.41) is 14.0. The first-order valence-corrected chi connectivity index (χ1v) is 4.54. The summed E-state index contributed by atoms with van der Waals surface area (Å²) in [5.74, 6) is -4.32. The van der Waals surface area contributed by atoms with Crippen molar-refractivity contribution in [1.82, 2.24) is 9.78 Å². The van der Waals surface area contributed by atoms with Crippen LogP contribution < -0.4 is 5.73 Å². The van der Waals surface area contributed by atoms with E-state index in [2.05, 4.69) is 5.10 Å². The Balaban J connectivity index is 2.63. The molecule has 6 nitrogen and oxygen atoms in total. The number of hydrogen-bond donors (Lipinski definition) is 1. The van der Waals surface area contributed by atoms with Crippen LogP contribution in [0.1, 0.15) is 0 Å². The Labute approximate surface area is 97.6 Å². The highest BCUT2D eigenvalue weighted by Gasteiger charge is 2.21. The number of hydrogen-bond acceptors (Lipinski definition) is 4. The van der Waals surface area contributed by atoms with E-state index >= 15 is 0 Å². The molecule has 0 saturated carbocycles. The average Bonchev–Trinajstić information content (AvgIpc) is 2.66. The first kappa shape index (κ1) is 11.9. The highest BCUT2D eigenvalue weighted by Crippen LogP contribution is 2.26. The third-order valence-corrected chi connectivity index (χ3v) is 2.20. The summed E-state index contributed by atoms with van der Waals surface area (Å²) < 4.78 is 39.7. The van der Waals surface area contributed by atoms with Gasteiger partial charge in [-0.2, -0.15) is 5.10 Å². The number of nitrogens with zero attached hydrogens (tertiary/aromatic N) is 3. The number of anilines is 1. The van der Waals surface area contributed by atoms with Crippen LogP contribution in [0.2, 0.25) is 0 Å². The smallest absolute Gasteiger partial charge is 0.331 e. The fourth-order valence-corrected chi connectivity index (χ4v) is 1.36. The molecule has 0 bridgehead atoms. The molecule has 0 aliphatic heterocycles. The zero-order valence-corrected chi connectivity index (χ0v) is 8.60. The SMILES string of the molecule is Nc1c([N+](=O)[O-])cnn1-c1cc(F)c(F)cc1F. The Hall–Kier alpha value is -2.58. The fourth-order valence-electron chi connectivity index (χ4n) is 1.36. The van der Waals surface area contributed by atoms with Crippen LogP contribution in [0.4, 0.5) is 24.7 Å². The van der Waals surface area contributed by atoms with Gasteiger partial charge >= 0.3 is 5.69 Å². The van der Waals surface area contributed by atoms with Crippen molar-refractivity contribution in [3.63, 3.8) is 0 Å². The topological polar surface area (TPSA) is 87.0 Å². The molecule has 94 valence electrons. The summed E-state index contributed by atoms with van der Waals surface area (Å²) in [6.45, 7) is 0. The molecule has 2 aromatic rings. The van der Waals surface area contributed by atoms with Crippen molar-refractivity contribution in [3.05, 3.63) is 45.9 Å². The van der Waals surface area contributed by atoms with Gasteiger partial charge in [0.05, 0.1) is 4.92 Å². The van der Waals surface area contributed by atoms with Gasteiger partial charge in [-0.1, -0.05) is 0 Å². The predicted octanol–water partition coefficient (Wildman–Crippen LogP) is 1.78. The molecule has 0 radical (unpaired) electrons. The number of aromatic nitrogens is 2. The fraction of sp³-hybridized carbons (Fsp3) is 0. The Morgan fingerprint density at radius 1 is 1.22 bits per heavy atom. The third kappa shape index (κ3) is 1.75. The second-order valence-corrected chi connectivity index (χ2v) is 3.30. The van der Waals surface area contributed by atoms with Gasteiger partial charge < -0.3 is 5.73 Å². The van der Waals surface area contributed by atoms with Gasteiger partial charge in [0, 0.05) is 12.1 Å². The van der Waals surface area contributed by atoms with Gasteiger partial charge in [-0.3, -0.25) is 10.1 Å². The van der Waals surface area contributed by atoms with Gasteiger partial charge in [0.2, 0.25) is 5.82 Å². The molecule has 0 fully saturated rings. The van der Waals surface area contributed by atoms with Gasteiger partial charge in [0.1, 0.15) is 11.9 Å². The number of benzene rings is 1. The van der Waals surface area contributed by atoms with Crippen LogP contribution in [-0.4, -0.2) is 14.7 Å². The van der Waals surface area contributed by atoms with E-state index < -0.39 is 39.6 Å². The lowest BCUT2D eigenvalue weighted by Gasteiger charge is -2.05. The van der Waals surface area contributed by atoms with Crippen LogP contribution in [0.3, 0.4) is 0 Å². The van der Waals surface area contributed by atoms with Crippen LogP contribution >= 0.6 is 0 Å². The molecule has 0 amide bonds. The summed E-state index contributed by atoms with van der Waals surface area (Å²) in [6.07, 6.45) is 0.788. The molecule has 1 heterocycles. The molecule has 0 spiro atoms. The predicted molar refractivity (Wildman–Crippen MR) is 54.5 cm³/mol. The lowest BCUT2D eigenvalue weighted by molar-refractivity contribution is -0.383. The molecular weight excluding hydrogens is 253 g/mol. The van der Waals surface area contributed by atoms with E-state index in [1.807, 2.05) is 0 Å². The molecule has 2 N–H and O–H groups in total. The maximum absolute atomic E-state index is 13.4. The Bertz CT molecular complexity index is 641. The van der Waals surface area contributed by atoms with E-state index in [0.717, 1.165) is 6.20 Å². The standard InChI is InChI=1S/C9H5F3N4O2/c10-4-1-6(12)7(2-5(4)11)15-9(13)8(3-14-15)16(17)18/h1-3H,13H2. The van der Waals surface area contributed by atoms with Crippen LogP contribution in [0.15, 0.2) is 18.3 Å². The first-order chi connectivity index (χ1) is 8.41. The quantitative estimate of drug-likeness (QED) is 0.505. The second-order valence-electron chi connectivity index (χ2n) is 3.30. The maximum Gasteiger partial charge on any atom is 0.331 e. The summed E-state index contributed by atoms with van der Waals surface area (Å²) in [6, 6.07) is 0.815. The Kier molecular flexibility index (Phi) is 2.66. The van der Waals surface area contributed by atoms with Crippen molar-refractivity contribution >= 4 is 11.5 Å². The van der Waals surface area contributed by atoms with Crippen LogP contribution in [-0.2, 0) is 0 Å². The highest BCUT2D eigenvalue weighted by atomic mass is 19.2. The van der Waals surface area contributed by atoms with Crippen molar-refractivity contribution < 1.29 is 18.1 Å². The van der Waals surface area contributed by atoms with Crippen molar-refractivity contribution in [2.75, 3.05) is 5.73 Å². The van der Waals surface area contributed by atoms with Gasteiger partial charge in [0.15, 0.2) is 17.5 Å². The van der Waals surface area contributed by atoms with Crippen molar-refractivity contribution in [1.29, 1.82) is 0 Å². The van der Waals surface area contributed by atoms with E-state index in [1.54, 1.807) is 0 Å². The molecule has 18 heavy (non-hydrogen) atoms. The van der Waals surface area contributed by atoms with E-state index in [4.69, 9.17) is 5.73 Å². The maximum atomic E-state index is 13.4. The van der Waals surface area contributed by atoms with Crippen molar-refractivity contribution in [2.24, 2.45) is 0 Å². The first-order valence-electron chi connectivity index (χ1n) is 4.54. The molecule has 0 atom stereocenters. The lowest BCUT2D eigenvalue weighted by Crippen LogP contribution is -2.06. The normalized spacial score (nSPS) is 10.6. The molecule has 0 aliphatic carbocycles. The zero-order valence-electron chi connectivity index (χ0n) is 8.60. The molecule has 1 aromatic heterocycles. The van der Waals surface area contributed by atoms with E-state index in [9.17, 15) is 23.3 Å². The van der Waals surface area contributed by atoms with Gasteiger partial charge in [-0.25, -0.2) is 17.9 Å². The summed E-state index contributed by atoms with van der Waals surface area (Å²) in [7, 11) is 0. The number of nitrogen functional groups attached to an aromatic ring is 1. The summed E-state index contributed by atoms with van der Waals surface area (Å²) >= 11 is 0. The average molecular weight is 258 g/mol. The molecule has 0 unspecified atom stereocenters. The number of nitrogens with two attached hydrogens (primary N) is 1. The number of rotatable bonds is 2. The van der Waals surface area contributed by atoms with Gasteiger partial charge in [-0.15, -0.1) is 0 Å². The van der Waals surface area contributed by atoms with Crippen molar-refractivity contribution in [2.45, 2.75) is 0 Å². The minimum atomic E-state index is -1.38. The molecule has 1 aromatic carbocycles. The molecule has 0 aliphatic rings. The summed E-state index contributed by atoms with van der Waals surface area (Å²) in [4.78, 5) is 9.69. The van der Waals surface area contributed by atoms with Gasteiger partial charge in [-0.05, 0) is 0 Å². The minimum absolute atomic E-state index is 0.303. The largest absolute Gasteiger partial charge is 0.378 e. The molecule has 2 rings (SSSR count). The summed E-state index contributed by atoms with van der Waals surface area (Å²) in [5.41, 5.74) is 4.30.